The van der Waals surface area contributed by atoms with Crippen LogP contribution in [-0.4, -0.2) is 65.7 Å². The van der Waals surface area contributed by atoms with E-state index in [0.717, 1.165) is 64.5 Å². The summed E-state index contributed by atoms with van der Waals surface area (Å²) in [6.45, 7) is 8.54. The second kappa shape index (κ2) is 17.2. The Kier molecular flexibility index (Phi) is 12.8. The van der Waals surface area contributed by atoms with Crippen molar-refractivity contribution in [1.29, 1.82) is 0 Å². The average molecular weight is 815 g/mol. The van der Waals surface area contributed by atoms with Crippen LogP contribution in [-0.2, 0) is 14.0 Å². The zero-order chi connectivity index (χ0) is 38.6. The molecule has 54 heavy (non-hydrogen) atoms. The van der Waals surface area contributed by atoms with Crippen LogP contribution in [0.4, 0.5) is 0 Å². The van der Waals surface area contributed by atoms with Crippen LogP contribution in [0.25, 0.3) is 6.08 Å². The Hall–Kier alpha value is -3.34. The fourth-order valence-corrected chi connectivity index (χ4v) is 14.4. The van der Waals surface area contributed by atoms with E-state index in [4.69, 9.17) is 4.43 Å². The Morgan fingerprint density at radius 3 is 2.17 bits per heavy atom. The summed E-state index contributed by atoms with van der Waals surface area (Å²) < 4.78 is 8.28. The maximum Gasteiger partial charge on any atom is 0.261 e. The standard InChI is InChI=1S/C45H56BrNO6Si/c1-5-30(25-31-26-33(46)22-24-39(31)49)21-23-40(50)41-32(27-37-42(38(41)28-48)44(52)47(43(37)51)34-15-9-6-10-16-34)29-53-54(45(2,3)4,35-17-11-7-12-18-35)36-19-13-8-14-20-36/h7-8,11-14,17-20,22,24-26,34,37-38,40,42,48-50H,5-6,9-10,15-16,21,23,27-29H2,1-4H3/b30-25+/t37-,38+,40-,42-/m1/s1. The third-order valence-corrected chi connectivity index (χ3v) is 17.6. The third-order valence-electron chi connectivity index (χ3n) is 12.1. The van der Waals surface area contributed by atoms with Gasteiger partial charge < -0.3 is 19.7 Å². The van der Waals surface area contributed by atoms with Gasteiger partial charge in [-0.15, -0.1) is 0 Å². The van der Waals surface area contributed by atoms with Crippen molar-refractivity contribution in [3.8, 4) is 5.75 Å². The minimum Gasteiger partial charge on any atom is -0.507 e. The highest BCUT2D eigenvalue weighted by Crippen LogP contribution is 2.48. The second-order valence-corrected chi connectivity index (χ2v) is 21.6. The van der Waals surface area contributed by atoms with Crippen molar-refractivity contribution in [2.24, 2.45) is 17.8 Å². The van der Waals surface area contributed by atoms with Gasteiger partial charge in [0.05, 0.1) is 31.2 Å². The van der Waals surface area contributed by atoms with E-state index in [1.807, 2.05) is 48.5 Å². The number of benzene rings is 3. The van der Waals surface area contributed by atoms with Gasteiger partial charge in [-0.3, -0.25) is 14.5 Å². The number of halogens is 1. The minimum absolute atomic E-state index is 0.111. The molecule has 1 heterocycles. The van der Waals surface area contributed by atoms with Gasteiger partial charge in [0.25, 0.3) is 8.32 Å². The Morgan fingerprint density at radius 2 is 1.59 bits per heavy atom. The molecule has 4 atom stereocenters. The van der Waals surface area contributed by atoms with Crippen LogP contribution >= 0.6 is 15.9 Å². The molecule has 288 valence electrons. The summed E-state index contributed by atoms with van der Waals surface area (Å²) in [6, 6.07) is 26.0. The molecule has 3 aromatic rings. The zero-order valence-electron chi connectivity index (χ0n) is 32.1. The van der Waals surface area contributed by atoms with Gasteiger partial charge in [0, 0.05) is 22.0 Å². The molecule has 2 aliphatic carbocycles. The molecule has 3 aromatic carbocycles. The Morgan fingerprint density at radius 1 is 0.963 bits per heavy atom. The molecule has 6 rings (SSSR count). The topological polar surface area (TPSA) is 107 Å². The quantitative estimate of drug-likeness (QED) is 0.0921. The fourth-order valence-electron chi connectivity index (χ4n) is 9.46. The van der Waals surface area contributed by atoms with Gasteiger partial charge in [-0.1, -0.05) is 135 Å². The lowest BCUT2D eigenvalue weighted by atomic mass is 9.68. The predicted molar refractivity (Wildman–Crippen MR) is 221 cm³/mol. The lowest BCUT2D eigenvalue weighted by Crippen LogP contribution is -2.66. The number of phenolic OH excluding ortho intramolecular Hbond substituents is 1. The highest BCUT2D eigenvalue weighted by molar-refractivity contribution is 9.10. The summed E-state index contributed by atoms with van der Waals surface area (Å²) in [7, 11) is -3.01. The maximum atomic E-state index is 14.3. The number of aliphatic hydroxyl groups excluding tert-OH is 2. The summed E-state index contributed by atoms with van der Waals surface area (Å²) in [4.78, 5) is 30.1. The van der Waals surface area contributed by atoms with Gasteiger partial charge in [0.1, 0.15) is 5.75 Å². The molecule has 1 saturated carbocycles. The Bertz CT molecular complexity index is 1810. The summed E-state index contributed by atoms with van der Waals surface area (Å²) in [5.74, 6) is -2.18. The number of aromatic hydroxyl groups is 1. The van der Waals surface area contributed by atoms with E-state index in [2.05, 4.69) is 67.9 Å². The molecule has 0 spiro atoms. The molecule has 3 aliphatic rings. The van der Waals surface area contributed by atoms with Crippen molar-refractivity contribution in [3.05, 3.63) is 106 Å². The summed E-state index contributed by atoms with van der Waals surface area (Å²) >= 11 is 3.50. The lowest BCUT2D eigenvalue weighted by Gasteiger charge is -2.44. The van der Waals surface area contributed by atoms with E-state index in [1.54, 1.807) is 12.1 Å². The van der Waals surface area contributed by atoms with Crippen LogP contribution < -0.4 is 10.4 Å². The van der Waals surface area contributed by atoms with Gasteiger partial charge in [-0.2, -0.15) is 0 Å². The number of nitrogens with zero attached hydrogens (tertiary/aromatic N) is 1. The minimum atomic E-state index is -3.01. The van der Waals surface area contributed by atoms with Crippen molar-refractivity contribution < 1.29 is 29.3 Å². The van der Waals surface area contributed by atoms with Crippen LogP contribution in [0, 0.1) is 17.8 Å². The molecular weight excluding hydrogens is 758 g/mol. The first kappa shape index (κ1) is 40.3. The molecule has 0 radical (unpaired) electrons. The number of hydrogen-bond acceptors (Lipinski definition) is 6. The van der Waals surface area contributed by atoms with E-state index < -0.39 is 32.2 Å². The normalized spacial score (nSPS) is 22.2. The van der Waals surface area contributed by atoms with E-state index >= 15 is 0 Å². The van der Waals surface area contributed by atoms with Crippen LogP contribution in [0.3, 0.4) is 0 Å². The van der Waals surface area contributed by atoms with Gasteiger partial charge in [0.15, 0.2) is 0 Å². The molecule has 1 saturated heterocycles. The van der Waals surface area contributed by atoms with E-state index in [1.165, 1.54) is 4.90 Å². The predicted octanol–water partition coefficient (Wildman–Crippen LogP) is 7.91. The van der Waals surface area contributed by atoms with E-state index in [0.29, 0.717) is 30.4 Å². The number of aliphatic hydroxyl groups is 2. The number of carbonyl (C=O) groups excluding carboxylic acids is 2. The van der Waals surface area contributed by atoms with Crippen molar-refractivity contribution in [3.63, 3.8) is 0 Å². The van der Waals surface area contributed by atoms with Crippen molar-refractivity contribution in [2.75, 3.05) is 13.2 Å². The number of rotatable bonds is 13. The maximum absolute atomic E-state index is 14.3. The molecule has 9 heteroatoms. The number of imide groups is 1. The number of phenols is 1. The van der Waals surface area contributed by atoms with Crippen LogP contribution in [0.1, 0.15) is 91.0 Å². The van der Waals surface area contributed by atoms with Gasteiger partial charge in [0.2, 0.25) is 11.8 Å². The van der Waals surface area contributed by atoms with Crippen molar-refractivity contribution in [1.82, 2.24) is 4.90 Å². The molecule has 2 amide bonds. The molecule has 0 bridgehead atoms. The number of hydrogen-bond donors (Lipinski definition) is 3. The van der Waals surface area contributed by atoms with E-state index in [-0.39, 0.29) is 41.9 Å². The van der Waals surface area contributed by atoms with Gasteiger partial charge in [-0.05, 0) is 83.3 Å². The summed E-state index contributed by atoms with van der Waals surface area (Å²) in [5.41, 5.74) is 3.21. The SMILES string of the molecule is CC/C(=C\c1cc(Br)ccc1O)CC[C@@H](O)C1=C(CO[Si](c2ccccc2)(c2ccccc2)C(C)(C)C)C[C@H]2C(=O)N(C3CCCCC3)C(=O)[C@H]2[C@H]1CO. The van der Waals surface area contributed by atoms with E-state index in [9.17, 15) is 24.9 Å². The highest BCUT2D eigenvalue weighted by Gasteiger charge is 2.57. The highest BCUT2D eigenvalue weighted by atomic mass is 79.9. The first-order chi connectivity index (χ1) is 25.9. The number of fused-ring (bicyclic) bond motifs is 1. The summed E-state index contributed by atoms with van der Waals surface area (Å²) in [6.07, 6.45) is 7.64. The number of allylic oxidation sites excluding steroid dienone is 1. The van der Waals surface area contributed by atoms with Crippen molar-refractivity contribution >= 4 is 52.5 Å². The third kappa shape index (κ3) is 7.98. The monoisotopic (exact) mass is 813 g/mol. The van der Waals surface area contributed by atoms with Crippen LogP contribution in [0.2, 0.25) is 5.04 Å². The van der Waals surface area contributed by atoms with Gasteiger partial charge in [-0.25, -0.2) is 0 Å². The molecule has 3 N–H and O–H groups in total. The second-order valence-electron chi connectivity index (χ2n) is 16.4. The smallest absolute Gasteiger partial charge is 0.261 e. The molecule has 2 fully saturated rings. The number of amides is 2. The van der Waals surface area contributed by atoms with Crippen LogP contribution in [0.5, 0.6) is 5.75 Å². The first-order valence-electron chi connectivity index (χ1n) is 19.7. The largest absolute Gasteiger partial charge is 0.507 e. The molecular formula is C45H56BrNO6Si. The fraction of sp³-hybridized carbons (Fsp3) is 0.467. The molecule has 0 unspecified atom stereocenters. The lowest BCUT2D eigenvalue weighted by molar-refractivity contribution is -0.143. The number of likely N-dealkylation sites (tertiary alicyclic amines) is 1. The number of carbonyl (C=O) groups is 2. The van der Waals surface area contributed by atoms with Crippen LogP contribution in [0.15, 0.2) is 100 Å². The Balaban J connectivity index is 1.41. The first-order valence-corrected chi connectivity index (χ1v) is 22.4. The summed E-state index contributed by atoms with van der Waals surface area (Å²) in [5, 5.41) is 35.9. The molecule has 0 aromatic heterocycles. The molecule has 1 aliphatic heterocycles. The average Bonchev–Trinajstić information content (AvgIpc) is 3.42. The Labute approximate surface area is 330 Å². The zero-order valence-corrected chi connectivity index (χ0v) is 34.7. The van der Waals surface area contributed by atoms with Crippen molar-refractivity contribution in [2.45, 2.75) is 103 Å². The molecule has 7 nitrogen and oxygen atoms in total. The van der Waals surface area contributed by atoms with Gasteiger partial charge >= 0.3 is 0 Å².